The predicted octanol–water partition coefficient (Wildman–Crippen LogP) is 3.70. The minimum absolute atomic E-state index is 0.0677. The predicted molar refractivity (Wildman–Crippen MR) is 79.4 cm³/mol. The molecule has 1 amide bonds. The number of carbonyl (C=O) groups is 2. The van der Waals surface area contributed by atoms with Crippen LogP contribution < -0.4 is 0 Å². The van der Waals surface area contributed by atoms with E-state index >= 15 is 0 Å². The van der Waals surface area contributed by atoms with Gasteiger partial charge < -0.3 is 10.0 Å². The van der Waals surface area contributed by atoms with Gasteiger partial charge in [-0.2, -0.15) is 13.2 Å². The second-order valence-corrected chi connectivity index (χ2v) is 6.61. The van der Waals surface area contributed by atoms with Gasteiger partial charge in [0.05, 0.1) is 5.56 Å². The molecule has 1 aromatic carbocycles. The van der Waals surface area contributed by atoms with Crippen molar-refractivity contribution in [3.63, 3.8) is 0 Å². The summed E-state index contributed by atoms with van der Waals surface area (Å²) in [6, 6.07) is 0.690. The van der Waals surface area contributed by atoms with Crippen LogP contribution in [0.2, 0.25) is 0 Å². The molecule has 2 aliphatic rings. The zero-order chi connectivity index (χ0) is 18.4. The number of hydrogen-bond acceptors (Lipinski definition) is 2. The smallest absolute Gasteiger partial charge is 0.419 e. The van der Waals surface area contributed by atoms with E-state index in [1.807, 2.05) is 0 Å². The van der Waals surface area contributed by atoms with Crippen LogP contribution in [0.5, 0.6) is 0 Å². The number of likely N-dealkylation sites (tertiary alicyclic amines) is 1. The lowest BCUT2D eigenvalue weighted by atomic mass is 9.84. The maximum Gasteiger partial charge on any atom is 0.419 e. The van der Waals surface area contributed by atoms with E-state index in [0.29, 0.717) is 25.0 Å². The highest BCUT2D eigenvalue weighted by molar-refractivity contribution is 5.97. The summed E-state index contributed by atoms with van der Waals surface area (Å²) in [5.74, 6) is -3.34. The Morgan fingerprint density at radius 2 is 1.84 bits per heavy atom. The Morgan fingerprint density at radius 1 is 1.16 bits per heavy atom. The lowest BCUT2D eigenvalue weighted by Gasteiger charge is -2.33. The Kier molecular flexibility index (Phi) is 4.47. The third-order valence-corrected chi connectivity index (χ3v) is 5.13. The zero-order valence-electron chi connectivity index (χ0n) is 13.2. The van der Waals surface area contributed by atoms with E-state index in [4.69, 9.17) is 0 Å². The van der Waals surface area contributed by atoms with Crippen LogP contribution in [0.3, 0.4) is 0 Å². The van der Waals surface area contributed by atoms with Crippen molar-refractivity contribution in [2.75, 3.05) is 0 Å². The molecule has 1 saturated carbocycles. The number of fused-ring (bicyclic) bond motifs is 1. The van der Waals surface area contributed by atoms with Crippen LogP contribution in [0, 0.1) is 11.7 Å². The highest BCUT2D eigenvalue weighted by atomic mass is 19.4. The molecule has 1 aliphatic carbocycles. The molecule has 3 unspecified atom stereocenters. The fourth-order valence-corrected chi connectivity index (χ4v) is 4.00. The van der Waals surface area contributed by atoms with Gasteiger partial charge >= 0.3 is 12.1 Å². The first-order chi connectivity index (χ1) is 11.7. The normalized spacial score (nSPS) is 26.4. The van der Waals surface area contributed by atoms with Crippen LogP contribution >= 0.6 is 0 Å². The summed E-state index contributed by atoms with van der Waals surface area (Å²) in [4.78, 5) is 25.5. The molecule has 1 aromatic rings. The molecule has 0 bridgehead atoms. The van der Waals surface area contributed by atoms with Gasteiger partial charge in [-0.1, -0.05) is 12.8 Å². The van der Waals surface area contributed by atoms with Crippen molar-refractivity contribution < 1.29 is 32.3 Å². The number of amides is 1. The maximum absolute atomic E-state index is 13.8. The van der Waals surface area contributed by atoms with E-state index in [-0.39, 0.29) is 17.5 Å². The molecule has 1 saturated heterocycles. The molecule has 0 aromatic heterocycles. The fraction of sp³-hybridized carbons (Fsp3) is 0.529. The molecule has 3 rings (SSSR count). The van der Waals surface area contributed by atoms with Crippen LogP contribution in [-0.2, 0) is 11.0 Å². The molecule has 136 valence electrons. The molecule has 1 aliphatic heterocycles. The highest BCUT2D eigenvalue weighted by Crippen LogP contribution is 2.41. The maximum atomic E-state index is 13.8. The summed E-state index contributed by atoms with van der Waals surface area (Å²) >= 11 is 0. The van der Waals surface area contributed by atoms with Gasteiger partial charge in [-0.25, -0.2) is 9.18 Å². The van der Waals surface area contributed by atoms with E-state index in [9.17, 15) is 32.3 Å². The lowest BCUT2D eigenvalue weighted by Crippen LogP contribution is -2.46. The highest BCUT2D eigenvalue weighted by Gasteiger charge is 2.47. The van der Waals surface area contributed by atoms with E-state index < -0.39 is 35.5 Å². The van der Waals surface area contributed by atoms with Crippen LogP contribution in [-0.4, -0.2) is 34.0 Å². The number of halogens is 4. The van der Waals surface area contributed by atoms with Gasteiger partial charge in [-0.05, 0) is 43.4 Å². The number of carboxylic acids is 1. The number of hydrogen-bond donors (Lipinski definition) is 1. The Hall–Kier alpha value is -2.12. The van der Waals surface area contributed by atoms with Gasteiger partial charge in [0, 0.05) is 11.6 Å². The molecule has 3 atom stereocenters. The minimum Gasteiger partial charge on any atom is -0.480 e. The van der Waals surface area contributed by atoms with Crippen molar-refractivity contribution in [1.82, 2.24) is 4.90 Å². The third-order valence-electron chi connectivity index (χ3n) is 5.13. The van der Waals surface area contributed by atoms with Crippen LogP contribution in [0.15, 0.2) is 18.2 Å². The topological polar surface area (TPSA) is 57.6 Å². The van der Waals surface area contributed by atoms with Crippen LogP contribution in [0.1, 0.15) is 48.0 Å². The first-order valence-corrected chi connectivity index (χ1v) is 8.12. The number of carbonyl (C=O) groups excluding carboxylic acids is 1. The number of benzene rings is 1. The number of nitrogens with zero attached hydrogens (tertiary/aromatic N) is 1. The molecule has 1 N–H and O–H groups in total. The van der Waals surface area contributed by atoms with Crippen molar-refractivity contribution in [2.45, 2.75) is 50.4 Å². The molecule has 1 heterocycles. The minimum atomic E-state index is -4.85. The van der Waals surface area contributed by atoms with E-state index in [1.54, 1.807) is 0 Å². The molecule has 25 heavy (non-hydrogen) atoms. The van der Waals surface area contributed by atoms with Gasteiger partial charge in [0.25, 0.3) is 5.91 Å². The molecule has 2 fully saturated rings. The Morgan fingerprint density at radius 3 is 2.44 bits per heavy atom. The lowest BCUT2D eigenvalue weighted by molar-refractivity contribution is -0.142. The first kappa shape index (κ1) is 17.7. The third kappa shape index (κ3) is 3.21. The zero-order valence-corrected chi connectivity index (χ0v) is 13.2. The number of rotatable bonds is 2. The van der Waals surface area contributed by atoms with Gasteiger partial charge in [-0.15, -0.1) is 0 Å². The molecule has 4 nitrogen and oxygen atoms in total. The summed E-state index contributed by atoms with van der Waals surface area (Å²) < 4.78 is 51.8. The molecular weight excluding hydrogens is 342 g/mol. The SMILES string of the molecule is O=C(O)C1CC2CCCCC2N1C(=O)c1ccc(C(F)(F)F)c(F)c1. The summed E-state index contributed by atoms with van der Waals surface area (Å²) in [6.07, 6.45) is -1.22. The van der Waals surface area contributed by atoms with Crippen LogP contribution in [0.25, 0.3) is 0 Å². The van der Waals surface area contributed by atoms with E-state index in [0.717, 1.165) is 25.3 Å². The van der Waals surface area contributed by atoms with Crippen molar-refractivity contribution in [3.8, 4) is 0 Å². The van der Waals surface area contributed by atoms with E-state index in [2.05, 4.69) is 0 Å². The summed E-state index contributed by atoms with van der Waals surface area (Å²) in [5, 5.41) is 9.42. The van der Waals surface area contributed by atoms with Gasteiger partial charge in [-0.3, -0.25) is 4.79 Å². The average molecular weight is 359 g/mol. The van der Waals surface area contributed by atoms with Crippen LogP contribution in [0.4, 0.5) is 17.6 Å². The Balaban J connectivity index is 1.93. The van der Waals surface area contributed by atoms with Gasteiger partial charge in [0.1, 0.15) is 11.9 Å². The Bertz CT molecular complexity index is 704. The first-order valence-electron chi connectivity index (χ1n) is 8.12. The monoisotopic (exact) mass is 359 g/mol. The number of aliphatic carboxylic acids is 1. The standard InChI is InChI=1S/C17H17F4NO3/c18-12-7-10(5-6-11(12)17(19,20)21)15(23)22-13-4-2-1-3-9(13)8-14(22)16(24)25/h5-7,9,13-14H,1-4,8H2,(H,24,25). The van der Waals surface area contributed by atoms with Crippen molar-refractivity contribution in [3.05, 3.63) is 35.1 Å². The second-order valence-electron chi connectivity index (χ2n) is 6.61. The van der Waals surface area contributed by atoms with Crippen molar-refractivity contribution in [2.24, 2.45) is 5.92 Å². The Labute approximate surface area is 141 Å². The summed E-state index contributed by atoms with van der Waals surface area (Å²) in [5.41, 5.74) is -1.71. The van der Waals surface area contributed by atoms with Crippen molar-refractivity contribution >= 4 is 11.9 Å². The molecule has 8 heteroatoms. The number of alkyl halides is 3. The summed E-state index contributed by atoms with van der Waals surface area (Å²) in [6.45, 7) is 0. The average Bonchev–Trinajstić information content (AvgIpc) is 2.92. The van der Waals surface area contributed by atoms with E-state index in [1.165, 1.54) is 4.90 Å². The fourth-order valence-electron chi connectivity index (χ4n) is 4.00. The molecule has 0 spiro atoms. The van der Waals surface area contributed by atoms with Gasteiger partial charge in [0.2, 0.25) is 0 Å². The summed E-state index contributed by atoms with van der Waals surface area (Å²) in [7, 11) is 0. The van der Waals surface area contributed by atoms with Gasteiger partial charge in [0.15, 0.2) is 0 Å². The molecular formula is C17H17F4NO3. The largest absolute Gasteiger partial charge is 0.480 e. The number of carboxylic acid groups (broad SMARTS) is 1. The molecule has 0 radical (unpaired) electrons. The van der Waals surface area contributed by atoms with Crippen molar-refractivity contribution in [1.29, 1.82) is 0 Å². The second kappa shape index (κ2) is 6.31. The quantitative estimate of drug-likeness (QED) is 0.819.